The molecule has 110 valence electrons. The van der Waals surface area contributed by atoms with E-state index in [4.69, 9.17) is 10.3 Å². The first kappa shape index (κ1) is 14.9. The summed E-state index contributed by atoms with van der Waals surface area (Å²) >= 11 is 0. The summed E-state index contributed by atoms with van der Waals surface area (Å²) in [6.07, 6.45) is -4.67. The zero-order chi connectivity index (χ0) is 14.8. The number of nitrogens with one attached hydrogen (secondary N) is 1. The van der Waals surface area contributed by atoms with Crippen LogP contribution >= 0.6 is 0 Å². The largest absolute Gasteiger partial charge is 0.459 e. The molecule has 0 saturated carbocycles. The molecule has 2 aromatic rings. The number of hydrazine groups is 1. The zero-order valence-electron chi connectivity index (χ0n) is 11.1. The van der Waals surface area contributed by atoms with Gasteiger partial charge in [-0.3, -0.25) is 5.84 Å². The Morgan fingerprint density at radius 3 is 2.70 bits per heavy atom. The predicted octanol–water partition coefficient (Wildman–Crippen LogP) is 3.98. The van der Waals surface area contributed by atoms with Crippen LogP contribution in [0.5, 0.6) is 0 Å². The molecule has 1 heterocycles. The van der Waals surface area contributed by atoms with Crippen molar-refractivity contribution in [2.75, 3.05) is 0 Å². The van der Waals surface area contributed by atoms with Crippen LogP contribution in [0.1, 0.15) is 36.6 Å². The molecule has 0 amide bonds. The van der Waals surface area contributed by atoms with Crippen LogP contribution in [-0.2, 0) is 0 Å². The maximum absolute atomic E-state index is 12.1. The van der Waals surface area contributed by atoms with Crippen LogP contribution in [0.4, 0.5) is 13.2 Å². The number of fused-ring (bicyclic) bond motifs is 1. The Kier molecular flexibility index (Phi) is 4.35. The van der Waals surface area contributed by atoms with Gasteiger partial charge in [0, 0.05) is 11.8 Å². The average Bonchev–Trinajstić information content (AvgIpc) is 2.75. The van der Waals surface area contributed by atoms with E-state index in [2.05, 4.69) is 5.43 Å². The van der Waals surface area contributed by atoms with Crippen molar-refractivity contribution in [3.8, 4) is 0 Å². The first-order chi connectivity index (χ1) is 9.39. The Labute approximate surface area is 114 Å². The molecule has 0 radical (unpaired) electrons. The molecule has 0 aliphatic rings. The van der Waals surface area contributed by atoms with Crippen molar-refractivity contribution in [3.63, 3.8) is 0 Å². The summed E-state index contributed by atoms with van der Waals surface area (Å²) in [4.78, 5) is 0. The summed E-state index contributed by atoms with van der Waals surface area (Å²) in [5.41, 5.74) is 4.33. The summed E-state index contributed by atoms with van der Waals surface area (Å²) in [6.45, 7) is 1.97. The summed E-state index contributed by atoms with van der Waals surface area (Å²) in [6, 6.07) is 7.14. The van der Waals surface area contributed by atoms with E-state index in [1.54, 1.807) is 0 Å². The third-order valence-corrected chi connectivity index (χ3v) is 3.19. The molecule has 3 nitrogen and oxygen atoms in total. The average molecular weight is 286 g/mol. The number of benzene rings is 1. The highest BCUT2D eigenvalue weighted by Crippen LogP contribution is 2.29. The molecule has 0 fully saturated rings. The van der Waals surface area contributed by atoms with Crippen molar-refractivity contribution < 1.29 is 17.6 Å². The van der Waals surface area contributed by atoms with E-state index >= 15 is 0 Å². The number of furan rings is 1. The van der Waals surface area contributed by atoms with Gasteiger partial charge in [0.05, 0.1) is 6.04 Å². The van der Waals surface area contributed by atoms with Crippen molar-refractivity contribution in [1.82, 2.24) is 5.43 Å². The molecular formula is C14H17F3N2O. The predicted molar refractivity (Wildman–Crippen MR) is 70.9 cm³/mol. The van der Waals surface area contributed by atoms with E-state index in [0.29, 0.717) is 11.3 Å². The molecule has 3 N–H and O–H groups in total. The fourth-order valence-corrected chi connectivity index (χ4v) is 2.17. The van der Waals surface area contributed by atoms with Crippen LogP contribution in [0.25, 0.3) is 11.0 Å². The Morgan fingerprint density at radius 1 is 1.30 bits per heavy atom. The van der Waals surface area contributed by atoms with E-state index < -0.39 is 18.6 Å². The SMILES string of the molecule is Cc1ccc2oc(C(CCCC(F)(F)F)NN)cc2c1. The van der Waals surface area contributed by atoms with E-state index in [-0.39, 0.29) is 12.8 Å². The molecular weight excluding hydrogens is 269 g/mol. The third kappa shape index (κ3) is 3.74. The number of hydrogen-bond donors (Lipinski definition) is 2. The normalized spacial score (nSPS) is 13.8. The van der Waals surface area contributed by atoms with Crippen molar-refractivity contribution in [2.24, 2.45) is 5.84 Å². The van der Waals surface area contributed by atoms with E-state index in [0.717, 1.165) is 10.9 Å². The minimum absolute atomic E-state index is 0.00837. The summed E-state index contributed by atoms with van der Waals surface area (Å²) in [5, 5.41) is 0.927. The maximum atomic E-state index is 12.1. The van der Waals surface area contributed by atoms with E-state index in [9.17, 15) is 13.2 Å². The van der Waals surface area contributed by atoms with Gasteiger partial charge in [0.15, 0.2) is 0 Å². The monoisotopic (exact) mass is 286 g/mol. The molecule has 2 rings (SSSR count). The van der Waals surface area contributed by atoms with Crippen LogP contribution < -0.4 is 11.3 Å². The van der Waals surface area contributed by atoms with Gasteiger partial charge in [0.25, 0.3) is 0 Å². The molecule has 20 heavy (non-hydrogen) atoms. The van der Waals surface area contributed by atoms with Gasteiger partial charge in [-0.15, -0.1) is 0 Å². The highest BCUT2D eigenvalue weighted by Gasteiger charge is 2.27. The van der Waals surface area contributed by atoms with Gasteiger partial charge in [-0.05, 0) is 38.0 Å². The highest BCUT2D eigenvalue weighted by atomic mass is 19.4. The lowest BCUT2D eigenvalue weighted by Crippen LogP contribution is -2.28. The Morgan fingerprint density at radius 2 is 2.05 bits per heavy atom. The van der Waals surface area contributed by atoms with Crippen LogP contribution in [0.2, 0.25) is 0 Å². The summed E-state index contributed by atoms with van der Waals surface area (Å²) in [7, 11) is 0. The molecule has 1 aromatic heterocycles. The smallest absolute Gasteiger partial charge is 0.389 e. The maximum Gasteiger partial charge on any atom is 0.389 e. The second-order valence-electron chi connectivity index (χ2n) is 4.92. The number of rotatable bonds is 5. The summed E-state index contributed by atoms with van der Waals surface area (Å²) < 4.78 is 42.1. The molecule has 0 saturated heterocycles. The Hall–Kier alpha value is -1.53. The Bertz CT molecular complexity index is 577. The molecule has 0 spiro atoms. The first-order valence-electron chi connectivity index (χ1n) is 6.42. The molecule has 0 aliphatic heterocycles. The topological polar surface area (TPSA) is 51.2 Å². The minimum atomic E-state index is -4.13. The van der Waals surface area contributed by atoms with Crippen molar-refractivity contribution in [2.45, 2.75) is 38.4 Å². The van der Waals surface area contributed by atoms with Gasteiger partial charge in [0.1, 0.15) is 11.3 Å². The van der Waals surface area contributed by atoms with Crippen LogP contribution in [0.15, 0.2) is 28.7 Å². The van der Waals surface area contributed by atoms with E-state index in [1.807, 2.05) is 31.2 Å². The molecule has 1 unspecified atom stereocenters. The number of hydrogen-bond acceptors (Lipinski definition) is 3. The summed E-state index contributed by atoms with van der Waals surface area (Å²) in [5.74, 6) is 5.98. The molecule has 6 heteroatoms. The van der Waals surface area contributed by atoms with Crippen molar-refractivity contribution in [1.29, 1.82) is 0 Å². The number of alkyl halides is 3. The van der Waals surface area contributed by atoms with Gasteiger partial charge in [0.2, 0.25) is 0 Å². The van der Waals surface area contributed by atoms with Crippen molar-refractivity contribution in [3.05, 3.63) is 35.6 Å². The quantitative estimate of drug-likeness (QED) is 0.645. The molecule has 1 atom stereocenters. The molecule has 0 aliphatic carbocycles. The van der Waals surface area contributed by atoms with Crippen LogP contribution in [0.3, 0.4) is 0 Å². The second kappa shape index (κ2) is 5.85. The molecule has 1 aromatic carbocycles. The van der Waals surface area contributed by atoms with Crippen molar-refractivity contribution >= 4 is 11.0 Å². The highest BCUT2D eigenvalue weighted by molar-refractivity contribution is 5.78. The number of halogens is 3. The molecule has 0 bridgehead atoms. The fourth-order valence-electron chi connectivity index (χ4n) is 2.17. The van der Waals surface area contributed by atoms with Gasteiger partial charge >= 0.3 is 6.18 Å². The standard InChI is InChI=1S/C14H17F3N2O/c1-9-4-5-12-10(7-9)8-13(20-12)11(19-18)3-2-6-14(15,16)17/h4-5,7-8,11,19H,2-3,6,18H2,1H3. The second-order valence-corrected chi connectivity index (χ2v) is 4.92. The fraction of sp³-hybridized carbons (Fsp3) is 0.429. The number of nitrogens with two attached hydrogens (primary N) is 1. The van der Waals surface area contributed by atoms with E-state index in [1.165, 1.54) is 0 Å². The minimum Gasteiger partial charge on any atom is -0.459 e. The lowest BCUT2D eigenvalue weighted by molar-refractivity contribution is -0.135. The lowest BCUT2D eigenvalue weighted by Gasteiger charge is -2.13. The van der Waals surface area contributed by atoms with Gasteiger partial charge in [-0.2, -0.15) is 13.2 Å². The number of aryl methyl sites for hydroxylation is 1. The zero-order valence-corrected chi connectivity index (χ0v) is 11.1. The third-order valence-electron chi connectivity index (χ3n) is 3.19. The van der Waals surface area contributed by atoms with Gasteiger partial charge in [-0.1, -0.05) is 11.6 Å². The van der Waals surface area contributed by atoms with Gasteiger partial charge < -0.3 is 4.42 Å². The van der Waals surface area contributed by atoms with Crippen LogP contribution in [0, 0.1) is 6.92 Å². The van der Waals surface area contributed by atoms with Gasteiger partial charge in [-0.25, -0.2) is 5.43 Å². The lowest BCUT2D eigenvalue weighted by atomic mass is 10.1. The first-order valence-corrected chi connectivity index (χ1v) is 6.42. The Balaban J connectivity index is 2.09. The van der Waals surface area contributed by atoms with Crippen LogP contribution in [-0.4, -0.2) is 6.18 Å².